The van der Waals surface area contributed by atoms with E-state index < -0.39 is 6.10 Å². The molecule has 0 radical (unpaired) electrons. The van der Waals surface area contributed by atoms with Crippen LogP contribution >= 0.6 is 0 Å². The molecule has 2 N–H and O–H groups in total. The van der Waals surface area contributed by atoms with Crippen LogP contribution in [-0.4, -0.2) is 18.3 Å². The van der Waals surface area contributed by atoms with E-state index in [2.05, 4.69) is 5.48 Å². The fourth-order valence-corrected chi connectivity index (χ4v) is 1.07. The predicted octanol–water partition coefficient (Wildman–Crippen LogP) is 1.40. The van der Waals surface area contributed by atoms with Crippen LogP contribution in [0, 0.1) is 5.82 Å². The number of hydrogen-bond acceptors (Lipinski definition) is 3. The molecule has 0 aromatic heterocycles. The normalized spacial score (nSPS) is 12.8. The van der Waals surface area contributed by atoms with Crippen molar-refractivity contribution in [2.45, 2.75) is 13.0 Å². The summed E-state index contributed by atoms with van der Waals surface area (Å²) in [4.78, 5) is 4.85. The Morgan fingerprint density at radius 1 is 1.57 bits per heavy atom. The molecule has 0 aliphatic carbocycles. The van der Waals surface area contributed by atoms with Gasteiger partial charge < -0.3 is 9.94 Å². The summed E-state index contributed by atoms with van der Waals surface area (Å²) < 4.78 is 12.8. The number of halogens is 1. The molecule has 1 atom stereocenters. The van der Waals surface area contributed by atoms with Crippen molar-refractivity contribution in [2.24, 2.45) is 0 Å². The summed E-state index contributed by atoms with van der Waals surface area (Å²) in [6.07, 6.45) is -0.753. The molecular formula is C10H14FNO2. The van der Waals surface area contributed by atoms with Gasteiger partial charge in [-0.3, -0.25) is 0 Å². The molecule has 0 spiro atoms. The minimum atomic E-state index is -0.753. The van der Waals surface area contributed by atoms with Crippen LogP contribution in [0.1, 0.15) is 18.6 Å². The standard InChI is InChI=1S/C10H14FNO2/c1-2-14-12-7-10(13)8-4-3-5-9(11)6-8/h3-6,10,12-13H,2,7H2,1H3. The molecule has 3 nitrogen and oxygen atoms in total. The lowest BCUT2D eigenvalue weighted by atomic mass is 10.1. The van der Waals surface area contributed by atoms with E-state index in [-0.39, 0.29) is 12.4 Å². The largest absolute Gasteiger partial charge is 0.387 e. The second-order valence-electron chi connectivity index (χ2n) is 2.85. The molecule has 0 bridgehead atoms. The molecule has 0 fully saturated rings. The van der Waals surface area contributed by atoms with E-state index in [1.165, 1.54) is 12.1 Å². The van der Waals surface area contributed by atoms with Gasteiger partial charge in [-0.05, 0) is 24.6 Å². The number of nitrogens with one attached hydrogen (secondary N) is 1. The lowest BCUT2D eigenvalue weighted by Crippen LogP contribution is -2.21. The van der Waals surface area contributed by atoms with Gasteiger partial charge in [-0.2, -0.15) is 5.48 Å². The maximum Gasteiger partial charge on any atom is 0.123 e. The van der Waals surface area contributed by atoms with Gasteiger partial charge in [0.25, 0.3) is 0 Å². The van der Waals surface area contributed by atoms with Crippen molar-refractivity contribution in [2.75, 3.05) is 13.2 Å². The van der Waals surface area contributed by atoms with Crippen molar-refractivity contribution >= 4 is 0 Å². The number of rotatable bonds is 5. The minimum Gasteiger partial charge on any atom is -0.387 e. The summed E-state index contributed by atoms with van der Waals surface area (Å²) in [5.74, 6) is -0.349. The zero-order chi connectivity index (χ0) is 10.4. The number of hydroxylamine groups is 1. The molecule has 0 heterocycles. The highest BCUT2D eigenvalue weighted by Crippen LogP contribution is 2.12. The topological polar surface area (TPSA) is 41.5 Å². The van der Waals surface area contributed by atoms with Crippen LogP contribution in [0.5, 0.6) is 0 Å². The fraction of sp³-hybridized carbons (Fsp3) is 0.400. The Morgan fingerprint density at radius 3 is 3.00 bits per heavy atom. The van der Waals surface area contributed by atoms with E-state index in [0.717, 1.165) is 0 Å². The highest BCUT2D eigenvalue weighted by atomic mass is 19.1. The third-order valence-electron chi connectivity index (χ3n) is 1.76. The SMILES string of the molecule is CCONCC(O)c1cccc(F)c1. The third kappa shape index (κ3) is 3.41. The smallest absolute Gasteiger partial charge is 0.123 e. The quantitative estimate of drug-likeness (QED) is 0.556. The van der Waals surface area contributed by atoms with E-state index in [1.807, 2.05) is 6.92 Å². The van der Waals surface area contributed by atoms with Crippen molar-refractivity contribution in [3.8, 4) is 0 Å². The molecule has 1 rings (SSSR count). The lowest BCUT2D eigenvalue weighted by Gasteiger charge is -2.11. The van der Waals surface area contributed by atoms with Crippen molar-refractivity contribution in [3.05, 3.63) is 35.6 Å². The van der Waals surface area contributed by atoms with Gasteiger partial charge in [0.1, 0.15) is 5.82 Å². The van der Waals surface area contributed by atoms with Crippen molar-refractivity contribution in [1.29, 1.82) is 0 Å². The summed E-state index contributed by atoms with van der Waals surface area (Å²) in [6, 6.07) is 5.88. The van der Waals surface area contributed by atoms with Crippen molar-refractivity contribution in [1.82, 2.24) is 5.48 Å². The van der Waals surface area contributed by atoms with Crippen molar-refractivity contribution < 1.29 is 14.3 Å². The zero-order valence-electron chi connectivity index (χ0n) is 8.03. The molecule has 0 aliphatic heterocycles. The molecule has 14 heavy (non-hydrogen) atoms. The summed E-state index contributed by atoms with van der Waals surface area (Å²) in [5, 5.41) is 9.56. The highest BCUT2D eigenvalue weighted by Gasteiger charge is 2.07. The first kappa shape index (κ1) is 11.1. The summed E-state index contributed by atoms with van der Waals surface area (Å²) in [5.41, 5.74) is 3.12. The van der Waals surface area contributed by atoms with E-state index in [0.29, 0.717) is 12.2 Å². The Kier molecular flexibility index (Phi) is 4.52. The number of benzene rings is 1. The predicted molar refractivity (Wildman–Crippen MR) is 51.0 cm³/mol. The molecule has 0 amide bonds. The maximum absolute atomic E-state index is 12.8. The zero-order valence-corrected chi connectivity index (χ0v) is 8.03. The molecule has 4 heteroatoms. The van der Waals surface area contributed by atoms with Gasteiger partial charge in [0.2, 0.25) is 0 Å². The van der Waals surface area contributed by atoms with Gasteiger partial charge in [0.15, 0.2) is 0 Å². The van der Waals surface area contributed by atoms with E-state index in [4.69, 9.17) is 4.84 Å². The highest BCUT2D eigenvalue weighted by molar-refractivity contribution is 5.18. The minimum absolute atomic E-state index is 0.247. The molecule has 1 aromatic carbocycles. The first-order chi connectivity index (χ1) is 6.74. The Morgan fingerprint density at radius 2 is 2.36 bits per heavy atom. The number of aliphatic hydroxyl groups is 1. The summed E-state index contributed by atoms with van der Waals surface area (Å²) in [7, 11) is 0. The molecule has 0 aliphatic rings. The second-order valence-corrected chi connectivity index (χ2v) is 2.85. The van der Waals surface area contributed by atoms with Gasteiger partial charge in [-0.1, -0.05) is 12.1 Å². The monoisotopic (exact) mass is 199 g/mol. The summed E-state index contributed by atoms with van der Waals surface area (Å²) in [6.45, 7) is 2.61. The van der Waals surface area contributed by atoms with Crippen LogP contribution in [0.15, 0.2) is 24.3 Å². The molecule has 1 aromatic rings. The van der Waals surface area contributed by atoms with Gasteiger partial charge in [0.05, 0.1) is 19.3 Å². The molecular weight excluding hydrogens is 185 g/mol. The van der Waals surface area contributed by atoms with Crippen LogP contribution in [0.4, 0.5) is 4.39 Å². The van der Waals surface area contributed by atoms with Gasteiger partial charge in [-0.15, -0.1) is 0 Å². The second kappa shape index (κ2) is 5.70. The van der Waals surface area contributed by atoms with E-state index >= 15 is 0 Å². The number of aliphatic hydroxyl groups excluding tert-OH is 1. The van der Waals surface area contributed by atoms with Crippen LogP contribution < -0.4 is 5.48 Å². The van der Waals surface area contributed by atoms with Crippen LogP contribution in [0.25, 0.3) is 0 Å². The Hall–Kier alpha value is -0.970. The molecule has 0 saturated heterocycles. The molecule has 0 saturated carbocycles. The number of hydrogen-bond donors (Lipinski definition) is 2. The maximum atomic E-state index is 12.8. The Labute approximate surface area is 82.5 Å². The van der Waals surface area contributed by atoms with E-state index in [9.17, 15) is 9.50 Å². The summed E-state index contributed by atoms with van der Waals surface area (Å²) >= 11 is 0. The first-order valence-electron chi connectivity index (χ1n) is 4.52. The van der Waals surface area contributed by atoms with E-state index in [1.54, 1.807) is 12.1 Å². The first-order valence-corrected chi connectivity index (χ1v) is 4.52. The third-order valence-corrected chi connectivity index (χ3v) is 1.76. The molecule has 1 unspecified atom stereocenters. The average molecular weight is 199 g/mol. The van der Waals surface area contributed by atoms with Crippen molar-refractivity contribution in [3.63, 3.8) is 0 Å². The van der Waals surface area contributed by atoms with Crippen LogP contribution in [-0.2, 0) is 4.84 Å². The Bertz CT molecular complexity index is 281. The average Bonchev–Trinajstić information content (AvgIpc) is 2.18. The van der Waals surface area contributed by atoms with Crippen LogP contribution in [0.3, 0.4) is 0 Å². The molecule has 78 valence electrons. The van der Waals surface area contributed by atoms with Gasteiger partial charge in [-0.25, -0.2) is 4.39 Å². The van der Waals surface area contributed by atoms with Gasteiger partial charge >= 0.3 is 0 Å². The Balaban J connectivity index is 2.47. The van der Waals surface area contributed by atoms with Crippen LogP contribution in [0.2, 0.25) is 0 Å². The fourth-order valence-electron chi connectivity index (χ4n) is 1.07. The lowest BCUT2D eigenvalue weighted by molar-refractivity contribution is 0.0208. The van der Waals surface area contributed by atoms with Gasteiger partial charge in [0, 0.05) is 0 Å².